The van der Waals surface area contributed by atoms with Crippen LogP contribution in [-0.4, -0.2) is 45.7 Å². The summed E-state index contributed by atoms with van der Waals surface area (Å²) in [5.74, 6) is -1.94. The molecule has 0 radical (unpaired) electrons. The Morgan fingerprint density at radius 2 is 1.89 bits per heavy atom. The van der Waals surface area contributed by atoms with Crippen LogP contribution in [0, 0.1) is 10.1 Å². The number of aromatic carboxylic acids is 1. The molecule has 1 heterocycles. The Bertz CT molecular complexity index is 1540. The summed E-state index contributed by atoms with van der Waals surface area (Å²) in [6, 6.07) is 15.5. The number of nitro groups is 1. The summed E-state index contributed by atoms with van der Waals surface area (Å²) in [5.41, 5.74) is -0.117. The van der Waals surface area contributed by atoms with Gasteiger partial charge in [-0.05, 0) is 36.4 Å². The molecule has 13 heteroatoms. The van der Waals surface area contributed by atoms with Crippen molar-refractivity contribution in [2.75, 3.05) is 23.5 Å². The molecular formula is C24H18N4O7S2. The minimum absolute atomic E-state index is 0.117. The zero-order valence-corrected chi connectivity index (χ0v) is 20.7. The highest BCUT2D eigenvalue weighted by atomic mass is 32.2. The van der Waals surface area contributed by atoms with Crippen LogP contribution in [0.3, 0.4) is 0 Å². The molecule has 0 unspecified atom stereocenters. The molecular weight excluding hydrogens is 520 g/mol. The topological polar surface area (TPSA) is 161 Å². The first-order valence-corrected chi connectivity index (χ1v) is 12.4. The number of carbonyl (C=O) groups excluding carboxylic acids is 2. The van der Waals surface area contributed by atoms with Crippen molar-refractivity contribution in [2.24, 2.45) is 0 Å². The summed E-state index contributed by atoms with van der Waals surface area (Å²) in [7, 11) is 1.52. The van der Waals surface area contributed by atoms with E-state index < -0.39 is 28.1 Å². The number of para-hydroxylation sites is 2. The Morgan fingerprint density at radius 3 is 2.62 bits per heavy atom. The zero-order chi connectivity index (χ0) is 26.5. The molecule has 0 aliphatic rings. The highest BCUT2D eigenvalue weighted by Gasteiger charge is 2.27. The van der Waals surface area contributed by atoms with Gasteiger partial charge in [0.2, 0.25) is 5.91 Å². The van der Waals surface area contributed by atoms with E-state index in [0.717, 1.165) is 10.8 Å². The lowest BCUT2D eigenvalue weighted by Crippen LogP contribution is -2.17. The molecule has 4 rings (SSSR count). The van der Waals surface area contributed by atoms with Gasteiger partial charge in [-0.1, -0.05) is 30.0 Å². The van der Waals surface area contributed by atoms with Crippen molar-refractivity contribution in [2.45, 2.75) is 4.34 Å². The summed E-state index contributed by atoms with van der Waals surface area (Å²) in [4.78, 5) is 51.6. The molecule has 188 valence electrons. The molecule has 3 aromatic carbocycles. The van der Waals surface area contributed by atoms with Gasteiger partial charge >= 0.3 is 5.97 Å². The Balaban J connectivity index is 1.46. The predicted octanol–water partition coefficient (Wildman–Crippen LogP) is 4.89. The number of carboxylic acid groups (broad SMARTS) is 1. The van der Waals surface area contributed by atoms with Crippen LogP contribution in [0.1, 0.15) is 20.7 Å². The standard InChI is InChI=1S/C24H18N4O7S2/c1-35-18-8-3-2-6-15(18)26-20(29)12-36-24-27-16-10-9-13(11-19(16)37-24)25-22(30)14-5-4-7-17(28(33)34)21(14)23(31)32/h2-11H,12H2,1H3,(H,25,30)(H,26,29)(H,31,32). The van der Waals surface area contributed by atoms with Crippen LogP contribution in [0.5, 0.6) is 5.75 Å². The number of carboxylic acids is 1. The van der Waals surface area contributed by atoms with E-state index in [1.54, 1.807) is 42.5 Å². The average Bonchev–Trinajstić information content (AvgIpc) is 3.29. The van der Waals surface area contributed by atoms with Gasteiger partial charge in [0, 0.05) is 11.8 Å². The predicted molar refractivity (Wildman–Crippen MR) is 140 cm³/mol. The summed E-state index contributed by atoms with van der Waals surface area (Å²) in [6.45, 7) is 0. The molecule has 0 saturated heterocycles. The number of hydrogen-bond acceptors (Lipinski definition) is 9. The first kappa shape index (κ1) is 25.6. The molecule has 1 aromatic heterocycles. The van der Waals surface area contributed by atoms with Crippen molar-refractivity contribution in [1.82, 2.24) is 4.98 Å². The van der Waals surface area contributed by atoms with E-state index in [4.69, 9.17) is 4.74 Å². The van der Waals surface area contributed by atoms with Crippen molar-refractivity contribution in [3.8, 4) is 5.75 Å². The quantitative estimate of drug-likeness (QED) is 0.153. The number of hydrogen-bond donors (Lipinski definition) is 3. The summed E-state index contributed by atoms with van der Waals surface area (Å²) < 4.78 is 6.59. The number of thiazole rings is 1. The van der Waals surface area contributed by atoms with Crippen LogP contribution in [0.2, 0.25) is 0 Å². The van der Waals surface area contributed by atoms with Crippen molar-refractivity contribution in [1.29, 1.82) is 0 Å². The van der Waals surface area contributed by atoms with Crippen LogP contribution in [0.15, 0.2) is 65.0 Å². The van der Waals surface area contributed by atoms with Crippen LogP contribution >= 0.6 is 23.1 Å². The largest absolute Gasteiger partial charge is 0.495 e. The van der Waals surface area contributed by atoms with E-state index in [1.807, 2.05) is 0 Å². The average molecular weight is 539 g/mol. The third-order valence-corrected chi connectivity index (χ3v) is 7.19. The van der Waals surface area contributed by atoms with Crippen LogP contribution in [0.25, 0.3) is 10.2 Å². The highest BCUT2D eigenvalue weighted by molar-refractivity contribution is 8.01. The van der Waals surface area contributed by atoms with Crippen LogP contribution in [0.4, 0.5) is 17.1 Å². The molecule has 37 heavy (non-hydrogen) atoms. The molecule has 0 aliphatic carbocycles. The van der Waals surface area contributed by atoms with E-state index in [2.05, 4.69) is 15.6 Å². The Kier molecular flexibility index (Phi) is 7.65. The van der Waals surface area contributed by atoms with Gasteiger partial charge in [0.15, 0.2) is 4.34 Å². The number of benzene rings is 3. The van der Waals surface area contributed by atoms with Gasteiger partial charge in [-0.15, -0.1) is 11.3 Å². The second-order valence-corrected chi connectivity index (χ2v) is 9.67. The molecule has 0 aliphatic heterocycles. The van der Waals surface area contributed by atoms with Crippen LogP contribution < -0.4 is 15.4 Å². The monoisotopic (exact) mass is 538 g/mol. The fraction of sp³-hybridized carbons (Fsp3) is 0.0833. The van der Waals surface area contributed by atoms with E-state index in [1.165, 1.54) is 42.3 Å². The van der Waals surface area contributed by atoms with E-state index in [-0.39, 0.29) is 17.2 Å². The van der Waals surface area contributed by atoms with E-state index in [9.17, 15) is 29.6 Å². The molecule has 4 aromatic rings. The van der Waals surface area contributed by atoms with E-state index in [0.29, 0.717) is 27.0 Å². The number of nitrogens with one attached hydrogen (secondary N) is 2. The zero-order valence-electron chi connectivity index (χ0n) is 19.1. The Morgan fingerprint density at radius 1 is 1.11 bits per heavy atom. The molecule has 0 atom stereocenters. The summed E-state index contributed by atoms with van der Waals surface area (Å²) in [6.07, 6.45) is 0. The lowest BCUT2D eigenvalue weighted by molar-refractivity contribution is -0.385. The van der Waals surface area contributed by atoms with Gasteiger partial charge in [0.1, 0.15) is 11.3 Å². The van der Waals surface area contributed by atoms with Gasteiger partial charge in [-0.2, -0.15) is 0 Å². The maximum Gasteiger partial charge on any atom is 0.343 e. The molecule has 0 saturated carbocycles. The number of aromatic nitrogens is 1. The lowest BCUT2D eigenvalue weighted by Gasteiger charge is -2.09. The first-order valence-electron chi connectivity index (χ1n) is 10.5. The number of carbonyl (C=O) groups is 3. The number of rotatable bonds is 9. The number of amides is 2. The number of nitrogens with zero attached hydrogens (tertiary/aromatic N) is 2. The van der Waals surface area contributed by atoms with Gasteiger partial charge < -0.3 is 20.5 Å². The molecule has 3 N–H and O–H groups in total. The number of ether oxygens (including phenoxy) is 1. The van der Waals surface area contributed by atoms with Crippen LogP contribution in [-0.2, 0) is 4.79 Å². The smallest absolute Gasteiger partial charge is 0.343 e. The van der Waals surface area contributed by atoms with Crippen molar-refractivity contribution in [3.63, 3.8) is 0 Å². The van der Waals surface area contributed by atoms with Crippen molar-refractivity contribution >= 4 is 68.2 Å². The third-order valence-electron chi connectivity index (χ3n) is 5.03. The molecule has 11 nitrogen and oxygen atoms in total. The Labute approximate surface area is 217 Å². The highest BCUT2D eigenvalue weighted by Crippen LogP contribution is 2.32. The SMILES string of the molecule is COc1ccccc1NC(=O)CSc1nc2ccc(NC(=O)c3cccc([N+](=O)[O-])c3C(=O)O)cc2s1. The normalized spacial score (nSPS) is 10.6. The third kappa shape index (κ3) is 5.85. The number of methoxy groups -OCH3 is 1. The first-order chi connectivity index (χ1) is 17.8. The van der Waals surface area contributed by atoms with Crippen molar-refractivity contribution in [3.05, 3.63) is 81.9 Å². The number of anilines is 2. The molecule has 0 spiro atoms. The minimum atomic E-state index is -1.58. The second-order valence-electron chi connectivity index (χ2n) is 7.42. The summed E-state index contributed by atoms with van der Waals surface area (Å²) >= 11 is 2.57. The van der Waals surface area contributed by atoms with Gasteiger partial charge in [-0.25, -0.2) is 9.78 Å². The summed E-state index contributed by atoms with van der Waals surface area (Å²) in [5, 5.41) is 26.0. The van der Waals surface area contributed by atoms with Gasteiger partial charge in [-0.3, -0.25) is 19.7 Å². The van der Waals surface area contributed by atoms with Gasteiger partial charge in [0.25, 0.3) is 11.6 Å². The number of nitro benzene ring substituents is 1. The fourth-order valence-corrected chi connectivity index (χ4v) is 5.32. The molecule has 0 fully saturated rings. The molecule has 2 amide bonds. The lowest BCUT2D eigenvalue weighted by atomic mass is 10.0. The molecule has 0 bridgehead atoms. The maximum absolute atomic E-state index is 12.8. The number of fused-ring (bicyclic) bond motifs is 1. The second kappa shape index (κ2) is 11.1. The fourth-order valence-electron chi connectivity index (χ4n) is 3.41. The maximum atomic E-state index is 12.8. The minimum Gasteiger partial charge on any atom is -0.495 e. The van der Waals surface area contributed by atoms with E-state index >= 15 is 0 Å². The number of thioether (sulfide) groups is 1. The van der Waals surface area contributed by atoms with Crippen molar-refractivity contribution < 1.29 is 29.2 Å². The van der Waals surface area contributed by atoms with Gasteiger partial charge in [0.05, 0.1) is 39.3 Å². The Hall–Kier alpha value is -4.49.